The molecule has 0 aliphatic carbocycles. The summed E-state index contributed by atoms with van der Waals surface area (Å²) in [6.45, 7) is 6.66. The second-order valence-electron chi connectivity index (χ2n) is 5.26. The van der Waals surface area contributed by atoms with Crippen molar-refractivity contribution in [1.29, 1.82) is 0 Å². The van der Waals surface area contributed by atoms with Crippen molar-refractivity contribution in [3.63, 3.8) is 0 Å². The Morgan fingerprint density at radius 3 is 2.50 bits per heavy atom. The van der Waals surface area contributed by atoms with Crippen LogP contribution in [-0.2, 0) is 6.42 Å². The van der Waals surface area contributed by atoms with Crippen LogP contribution in [0.5, 0.6) is 0 Å². The van der Waals surface area contributed by atoms with Gasteiger partial charge in [-0.3, -0.25) is 0 Å². The Kier molecular flexibility index (Phi) is 5.54. The smallest absolute Gasteiger partial charge is 0.00420 e. The van der Waals surface area contributed by atoms with Crippen molar-refractivity contribution >= 4 is 0 Å². The van der Waals surface area contributed by atoms with Gasteiger partial charge in [0.05, 0.1) is 0 Å². The summed E-state index contributed by atoms with van der Waals surface area (Å²) in [6.07, 6.45) is 4.62. The molecule has 0 heterocycles. The monoisotopic (exact) mass is 219 g/mol. The van der Waals surface area contributed by atoms with Crippen molar-refractivity contribution in [2.24, 2.45) is 11.7 Å². The summed E-state index contributed by atoms with van der Waals surface area (Å²) in [5.74, 6) is 0.769. The van der Waals surface area contributed by atoms with Crippen molar-refractivity contribution < 1.29 is 0 Å². The van der Waals surface area contributed by atoms with E-state index in [0.29, 0.717) is 6.04 Å². The number of rotatable bonds is 6. The van der Waals surface area contributed by atoms with Crippen LogP contribution in [0.1, 0.15) is 44.2 Å². The third-order valence-corrected chi connectivity index (χ3v) is 3.00. The second-order valence-corrected chi connectivity index (χ2v) is 5.26. The van der Waals surface area contributed by atoms with E-state index >= 15 is 0 Å². The molecule has 0 fully saturated rings. The molecule has 0 amide bonds. The fourth-order valence-electron chi connectivity index (χ4n) is 1.91. The lowest BCUT2D eigenvalue weighted by atomic mass is 9.98. The molecule has 1 aromatic rings. The number of aryl methyl sites for hydroxylation is 2. The number of benzene rings is 1. The maximum absolute atomic E-state index is 6.11. The van der Waals surface area contributed by atoms with Crippen LogP contribution in [-0.4, -0.2) is 6.04 Å². The van der Waals surface area contributed by atoms with Gasteiger partial charge < -0.3 is 5.73 Å². The zero-order valence-electron chi connectivity index (χ0n) is 10.9. The Balaban J connectivity index is 2.28. The molecular formula is C15H25N. The summed E-state index contributed by atoms with van der Waals surface area (Å²) >= 11 is 0. The molecule has 0 aliphatic rings. The second kappa shape index (κ2) is 6.70. The van der Waals surface area contributed by atoms with Crippen molar-refractivity contribution in [1.82, 2.24) is 0 Å². The predicted octanol–water partition coefficient (Wildman–Crippen LogP) is 3.69. The standard InChI is InChI=1S/C15H25N/c1-12(2)7-9-15(16)10-8-14-6-4-5-13(3)11-14/h4-6,11-12,15H,7-10,16H2,1-3H3. The molecule has 0 bridgehead atoms. The third kappa shape index (κ3) is 5.32. The normalized spacial score (nSPS) is 13.1. The fraction of sp³-hybridized carbons (Fsp3) is 0.600. The lowest BCUT2D eigenvalue weighted by molar-refractivity contribution is 0.478. The lowest BCUT2D eigenvalue weighted by Gasteiger charge is -2.13. The summed E-state index contributed by atoms with van der Waals surface area (Å²) in [4.78, 5) is 0. The van der Waals surface area contributed by atoms with Gasteiger partial charge in [0.25, 0.3) is 0 Å². The number of hydrogen-bond donors (Lipinski definition) is 1. The van der Waals surface area contributed by atoms with Crippen LogP contribution in [0.25, 0.3) is 0 Å². The topological polar surface area (TPSA) is 26.0 Å². The van der Waals surface area contributed by atoms with Crippen LogP contribution < -0.4 is 5.73 Å². The Bertz CT molecular complexity index is 304. The van der Waals surface area contributed by atoms with Crippen molar-refractivity contribution in [2.75, 3.05) is 0 Å². The van der Waals surface area contributed by atoms with Crippen LogP contribution >= 0.6 is 0 Å². The summed E-state index contributed by atoms with van der Waals surface area (Å²) in [5, 5.41) is 0. The van der Waals surface area contributed by atoms with E-state index in [0.717, 1.165) is 25.2 Å². The van der Waals surface area contributed by atoms with Gasteiger partial charge in [-0.1, -0.05) is 43.7 Å². The molecule has 0 saturated carbocycles. The van der Waals surface area contributed by atoms with E-state index in [-0.39, 0.29) is 0 Å². The van der Waals surface area contributed by atoms with Gasteiger partial charge >= 0.3 is 0 Å². The molecule has 0 aliphatic heterocycles. The minimum absolute atomic E-state index is 0.364. The van der Waals surface area contributed by atoms with Crippen molar-refractivity contribution in [3.8, 4) is 0 Å². The Labute approximate surface area is 100 Å². The summed E-state index contributed by atoms with van der Waals surface area (Å²) in [6, 6.07) is 9.09. The van der Waals surface area contributed by atoms with Crippen LogP contribution in [0.4, 0.5) is 0 Å². The van der Waals surface area contributed by atoms with E-state index in [1.165, 1.54) is 17.5 Å². The average Bonchev–Trinajstić information content (AvgIpc) is 2.23. The molecule has 16 heavy (non-hydrogen) atoms. The molecule has 1 aromatic carbocycles. The minimum atomic E-state index is 0.364. The first-order chi connectivity index (χ1) is 7.58. The van der Waals surface area contributed by atoms with Gasteiger partial charge in [0.15, 0.2) is 0 Å². The number of hydrogen-bond acceptors (Lipinski definition) is 1. The van der Waals surface area contributed by atoms with Gasteiger partial charge in [0.2, 0.25) is 0 Å². The Morgan fingerprint density at radius 1 is 1.12 bits per heavy atom. The first-order valence-corrected chi connectivity index (χ1v) is 6.39. The number of nitrogens with two attached hydrogens (primary N) is 1. The highest BCUT2D eigenvalue weighted by atomic mass is 14.6. The quantitative estimate of drug-likeness (QED) is 0.776. The highest BCUT2D eigenvalue weighted by Crippen LogP contribution is 2.11. The molecule has 1 atom stereocenters. The minimum Gasteiger partial charge on any atom is -0.328 e. The molecule has 0 saturated heterocycles. The summed E-state index contributed by atoms with van der Waals surface area (Å²) in [7, 11) is 0. The van der Waals surface area contributed by atoms with E-state index < -0.39 is 0 Å². The Hall–Kier alpha value is -0.820. The zero-order valence-corrected chi connectivity index (χ0v) is 10.9. The lowest BCUT2D eigenvalue weighted by Crippen LogP contribution is -2.21. The van der Waals surface area contributed by atoms with Gasteiger partial charge in [-0.2, -0.15) is 0 Å². The SMILES string of the molecule is Cc1cccc(CCC(N)CCC(C)C)c1. The highest BCUT2D eigenvalue weighted by Gasteiger charge is 2.04. The molecule has 1 heteroatoms. The molecule has 2 N–H and O–H groups in total. The van der Waals surface area contributed by atoms with E-state index in [1.807, 2.05) is 0 Å². The predicted molar refractivity (Wildman–Crippen MR) is 71.5 cm³/mol. The van der Waals surface area contributed by atoms with Gasteiger partial charge in [-0.05, 0) is 44.1 Å². The molecular weight excluding hydrogens is 194 g/mol. The maximum Gasteiger partial charge on any atom is 0.00420 e. The van der Waals surface area contributed by atoms with Crippen molar-refractivity contribution in [3.05, 3.63) is 35.4 Å². The van der Waals surface area contributed by atoms with Crippen LogP contribution in [0, 0.1) is 12.8 Å². The molecule has 90 valence electrons. The Morgan fingerprint density at radius 2 is 1.88 bits per heavy atom. The van der Waals surface area contributed by atoms with Gasteiger partial charge in [-0.15, -0.1) is 0 Å². The van der Waals surface area contributed by atoms with E-state index in [2.05, 4.69) is 45.0 Å². The first-order valence-electron chi connectivity index (χ1n) is 6.39. The summed E-state index contributed by atoms with van der Waals surface area (Å²) < 4.78 is 0. The zero-order chi connectivity index (χ0) is 12.0. The van der Waals surface area contributed by atoms with E-state index in [4.69, 9.17) is 5.73 Å². The van der Waals surface area contributed by atoms with Gasteiger partial charge in [0.1, 0.15) is 0 Å². The van der Waals surface area contributed by atoms with Gasteiger partial charge in [0, 0.05) is 6.04 Å². The largest absolute Gasteiger partial charge is 0.328 e. The average molecular weight is 219 g/mol. The van der Waals surface area contributed by atoms with Crippen molar-refractivity contribution in [2.45, 2.75) is 52.5 Å². The van der Waals surface area contributed by atoms with Crippen LogP contribution in [0.2, 0.25) is 0 Å². The summed E-state index contributed by atoms with van der Waals surface area (Å²) in [5.41, 5.74) is 8.87. The van der Waals surface area contributed by atoms with E-state index in [1.54, 1.807) is 0 Å². The highest BCUT2D eigenvalue weighted by molar-refractivity contribution is 5.22. The molecule has 0 aromatic heterocycles. The van der Waals surface area contributed by atoms with Crippen LogP contribution in [0.15, 0.2) is 24.3 Å². The molecule has 0 radical (unpaired) electrons. The molecule has 1 unspecified atom stereocenters. The van der Waals surface area contributed by atoms with Gasteiger partial charge in [-0.25, -0.2) is 0 Å². The van der Waals surface area contributed by atoms with E-state index in [9.17, 15) is 0 Å². The molecule has 1 nitrogen and oxygen atoms in total. The molecule has 0 spiro atoms. The molecule has 1 rings (SSSR count). The fourth-order valence-corrected chi connectivity index (χ4v) is 1.91. The third-order valence-electron chi connectivity index (χ3n) is 3.00. The maximum atomic E-state index is 6.11. The first kappa shape index (κ1) is 13.2. The van der Waals surface area contributed by atoms with Crippen LogP contribution in [0.3, 0.4) is 0 Å².